The highest BCUT2D eigenvalue weighted by Gasteiger charge is 2.29. The van der Waals surface area contributed by atoms with Crippen LogP contribution in [0, 0.1) is 5.92 Å². The molecule has 0 spiro atoms. The van der Waals surface area contributed by atoms with E-state index in [2.05, 4.69) is 20.2 Å². The van der Waals surface area contributed by atoms with Gasteiger partial charge in [0.1, 0.15) is 0 Å². The van der Waals surface area contributed by atoms with Crippen molar-refractivity contribution in [3.8, 4) is 0 Å². The summed E-state index contributed by atoms with van der Waals surface area (Å²) in [6, 6.07) is 0.879. The molecule has 2 fully saturated rings. The summed E-state index contributed by atoms with van der Waals surface area (Å²) in [5.74, 6) is 0.392. The van der Waals surface area contributed by atoms with Gasteiger partial charge in [-0.3, -0.25) is 14.8 Å². The highest BCUT2D eigenvalue weighted by molar-refractivity contribution is 5.79. The first-order valence-corrected chi connectivity index (χ1v) is 9.51. The zero-order valence-electron chi connectivity index (χ0n) is 14.8. The Balaban J connectivity index is 1.41. The predicted molar refractivity (Wildman–Crippen MR) is 94.5 cm³/mol. The van der Waals surface area contributed by atoms with Crippen LogP contribution in [-0.4, -0.2) is 45.9 Å². The van der Waals surface area contributed by atoms with Gasteiger partial charge in [0, 0.05) is 43.0 Å². The van der Waals surface area contributed by atoms with E-state index >= 15 is 0 Å². The third-order valence-electron chi connectivity index (χ3n) is 5.51. The van der Waals surface area contributed by atoms with Crippen molar-refractivity contribution in [3.05, 3.63) is 24.3 Å². The summed E-state index contributed by atoms with van der Waals surface area (Å²) in [6.07, 6.45) is 14.7. The second kappa shape index (κ2) is 8.56. The van der Waals surface area contributed by atoms with Gasteiger partial charge in [-0.25, -0.2) is 0 Å². The third kappa shape index (κ3) is 4.76. The quantitative estimate of drug-likeness (QED) is 0.901. The van der Waals surface area contributed by atoms with E-state index in [0.29, 0.717) is 0 Å². The van der Waals surface area contributed by atoms with Crippen molar-refractivity contribution < 1.29 is 4.79 Å². The first-order chi connectivity index (χ1) is 11.7. The molecular formula is C19H30N4O. The molecular weight excluding hydrogens is 300 g/mol. The number of rotatable bonds is 5. The van der Waals surface area contributed by atoms with Crippen LogP contribution in [0.15, 0.2) is 18.6 Å². The van der Waals surface area contributed by atoms with Crippen LogP contribution in [0.2, 0.25) is 0 Å². The first-order valence-electron chi connectivity index (χ1n) is 9.51. The molecule has 0 radical (unpaired) electrons. The number of likely N-dealkylation sites (tertiary alicyclic amines) is 1. The minimum Gasteiger partial charge on any atom is -0.353 e. The zero-order valence-corrected chi connectivity index (χ0v) is 14.8. The molecule has 0 bridgehead atoms. The van der Waals surface area contributed by atoms with Crippen LogP contribution in [0.5, 0.6) is 0 Å². The number of nitrogens with one attached hydrogen (secondary N) is 1. The van der Waals surface area contributed by atoms with Crippen LogP contribution in [0.25, 0.3) is 0 Å². The number of hydrogen-bond donors (Lipinski definition) is 1. The minimum absolute atomic E-state index is 0.102. The van der Waals surface area contributed by atoms with Gasteiger partial charge in [-0.2, -0.15) is 0 Å². The van der Waals surface area contributed by atoms with Gasteiger partial charge < -0.3 is 10.2 Å². The smallest absolute Gasteiger partial charge is 0.223 e. The molecule has 1 aromatic rings. The lowest BCUT2D eigenvalue weighted by Crippen LogP contribution is -2.47. The maximum Gasteiger partial charge on any atom is 0.223 e. The van der Waals surface area contributed by atoms with Crippen LogP contribution in [-0.2, 0) is 11.2 Å². The number of nitrogens with zero attached hydrogens (tertiary/aromatic N) is 3. The van der Waals surface area contributed by atoms with Crippen LogP contribution in [0.4, 0.5) is 0 Å². The van der Waals surface area contributed by atoms with E-state index in [0.717, 1.165) is 44.1 Å². The van der Waals surface area contributed by atoms with E-state index in [4.69, 9.17) is 0 Å². The topological polar surface area (TPSA) is 58.1 Å². The van der Waals surface area contributed by atoms with Gasteiger partial charge in [-0.05, 0) is 45.7 Å². The molecule has 1 aromatic heterocycles. The van der Waals surface area contributed by atoms with Crippen LogP contribution in [0.1, 0.15) is 57.6 Å². The fourth-order valence-electron chi connectivity index (χ4n) is 4.13. The Morgan fingerprint density at radius 3 is 2.62 bits per heavy atom. The molecule has 5 heteroatoms. The lowest BCUT2D eigenvalue weighted by molar-refractivity contribution is -0.127. The summed E-state index contributed by atoms with van der Waals surface area (Å²) >= 11 is 0. The van der Waals surface area contributed by atoms with Crippen molar-refractivity contribution in [2.45, 2.75) is 70.4 Å². The Kier molecular flexibility index (Phi) is 6.18. The van der Waals surface area contributed by atoms with Crippen LogP contribution < -0.4 is 5.32 Å². The molecule has 1 saturated carbocycles. The van der Waals surface area contributed by atoms with E-state index in [1.54, 1.807) is 18.6 Å². The molecule has 0 aromatic carbocycles. The lowest BCUT2D eigenvalue weighted by Gasteiger charge is -2.39. The summed E-state index contributed by atoms with van der Waals surface area (Å²) < 4.78 is 0. The molecule has 24 heavy (non-hydrogen) atoms. The van der Waals surface area contributed by atoms with E-state index in [1.807, 2.05) is 6.92 Å². The predicted octanol–water partition coefficient (Wildman–Crippen LogP) is 2.57. The summed E-state index contributed by atoms with van der Waals surface area (Å²) in [6.45, 7) is 4.21. The number of piperidine rings is 1. The molecule has 1 saturated heterocycles. The number of hydrogen-bond acceptors (Lipinski definition) is 4. The van der Waals surface area contributed by atoms with Gasteiger partial charge in [0.2, 0.25) is 5.91 Å². The highest BCUT2D eigenvalue weighted by Crippen LogP contribution is 2.27. The van der Waals surface area contributed by atoms with Gasteiger partial charge in [0.05, 0.1) is 5.69 Å². The Labute approximate surface area is 145 Å². The molecule has 1 amide bonds. The molecule has 1 atom stereocenters. The van der Waals surface area contributed by atoms with E-state index in [-0.39, 0.29) is 17.9 Å². The molecule has 5 nitrogen and oxygen atoms in total. The summed E-state index contributed by atoms with van der Waals surface area (Å²) in [4.78, 5) is 23.5. The largest absolute Gasteiger partial charge is 0.353 e. The Morgan fingerprint density at radius 1 is 1.21 bits per heavy atom. The summed E-state index contributed by atoms with van der Waals surface area (Å²) in [5, 5.41) is 3.17. The van der Waals surface area contributed by atoms with E-state index in [9.17, 15) is 4.79 Å². The molecule has 3 rings (SSSR count). The molecule has 0 unspecified atom stereocenters. The molecule has 1 aliphatic carbocycles. The van der Waals surface area contributed by atoms with Gasteiger partial charge >= 0.3 is 0 Å². The maximum absolute atomic E-state index is 12.5. The van der Waals surface area contributed by atoms with Gasteiger partial charge in [0.25, 0.3) is 0 Å². The fourth-order valence-corrected chi connectivity index (χ4v) is 4.13. The monoisotopic (exact) mass is 330 g/mol. The van der Waals surface area contributed by atoms with E-state index < -0.39 is 0 Å². The third-order valence-corrected chi connectivity index (χ3v) is 5.51. The summed E-state index contributed by atoms with van der Waals surface area (Å²) in [5.41, 5.74) is 0.928. The Hall–Kier alpha value is -1.49. The molecule has 1 aliphatic heterocycles. The lowest BCUT2D eigenvalue weighted by atomic mass is 9.89. The first kappa shape index (κ1) is 17.3. The number of amides is 1. The maximum atomic E-state index is 12.5. The molecule has 2 heterocycles. The Bertz CT molecular complexity index is 507. The second-order valence-electron chi connectivity index (χ2n) is 7.41. The van der Waals surface area contributed by atoms with Crippen molar-refractivity contribution >= 4 is 5.91 Å². The normalized spacial score (nSPS) is 22.2. The molecule has 132 valence electrons. The van der Waals surface area contributed by atoms with Crippen LogP contribution >= 0.6 is 0 Å². The number of carbonyl (C=O) groups excluding carboxylic acids is 1. The second-order valence-corrected chi connectivity index (χ2v) is 7.41. The van der Waals surface area contributed by atoms with Crippen molar-refractivity contribution in [1.82, 2.24) is 20.2 Å². The van der Waals surface area contributed by atoms with Gasteiger partial charge in [-0.1, -0.05) is 19.3 Å². The zero-order chi connectivity index (χ0) is 16.8. The number of carbonyl (C=O) groups is 1. The average molecular weight is 330 g/mol. The van der Waals surface area contributed by atoms with E-state index in [1.165, 1.54) is 32.1 Å². The highest BCUT2D eigenvalue weighted by atomic mass is 16.1. The van der Waals surface area contributed by atoms with Crippen molar-refractivity contribution in [2.24, 2.45) is 5.92 Å². The van der Waals surface area contributed by atoms with Gasteiger partial charge in [0.15, 0.2) is 0 Å². The van der Waals surface area contributed by atoms with Crippen molar-refractivity contribution in [1.29, 1.82) is 0 Å². The minimum atomic E-state index is 0.102. The molecule has 2 aliphatic rings. The summed E-state index contributed by atoms with van der Waals surface area (Å²) in [7, 11) is 0. The van der Waals surface area contributed by atoms with Crippen LogP contribution in [0.3, 0.4) is 0 Å². The number of aromatic nitrogens is 2. The molecule has 1 N–H and O–H groups in total. The fraction of sp³-hybridized carbons (Fsp3) is 0.737. The van der Waals surface area contributed by atoms with Crippen molar-refractivity contribution in [3.63, 3.8) is 0 Å². The Morgan fingerprint density at radius 2 is 1.96 bits per heavy atom. The van der Waals surface area contributed by atoms with Gasteiger partial charge in [-0.15, -0.1) is 0 Å². The van der Waals surface area contributed by atoms with Crippen molar-refractivity contribution in [2.75, 3.05) is 13.1 Å². The standard InChI is InChI=1S/C19H30N4O/c1-15(13-17-14-20-9-10-21-17)22-19(24)16-7-11-23(12-8-16)18-5-3-2-4-6-18/h9-10,14-16,18H,2-8,11-13H2,1H3,(H,22,24)/t15-/m1/s1. The SMILES string of the molecule is C[C@H](Cc1cnccn1)NC(=O)C1CCN(C2CCCCC2)CC1. The average Bonchev–Trinajstić information content (AvgIpc) is 2.63.